The lowest BCUT2D eigenvalue weighted by Crippen LogP contribution is -2.42. The number of benzene rings is 1. The van der Waals surface area contributed by atoms with Gasteiger partial charge in [-0.25, -0.2) is 0 Å². The lowest BCUT2D eigenvalue weighted by Gasteiger charge is -2.22. The van der Waals surface area contributed by atoms with Crippen molar-refractivity contribution in [2.75, 3.05) is 32.7 Å². The molecule has 0 bridgehead atoms. The Balaban J connectivity index is 1.46. The van der Waals surface area contributed by atoms with Crippen LogP contribution in [0.5, 0.6) is 0 Å². The Morgan fingerprint density at radius 2 is 1.62 bits per heavy atom. The molecule has 0 atom stereocenters. The highest BCUT2D eigenvalue weighted by Crippen LogP contribution is 2.31. The van der Waals surface area contributed by atoms with Crippen molar-refractivity contribution in [1.82, 2.24) is 15.1 Å². The molecule has 1 aromatic rings. The van der Waals surface area contributed by atoms with E-state index < -0.39 is 0 Å². The molecule has 1 saturated carbocycles. The van der Waals surface area contributed by atoms with Crippen LogP contribution in [0.3, 0.4) is 0 Å². The third-order valence-corrected chi connectivity index (χ3v) is 4.52. The number of amides is 3. The molecular weight excluding hydrogens is 306 g/mol. The quantitative estimate of drug-likeness (QED) is 0.892. The molecule has 1 aliphatic carbocycles. The van der Waals surface area contributed by atoms with Crippen LogP contribution in [-0.2, 0) is 9.59 Å². The van der Waals surface area contributed by atoms with Crippen molar-refractivity contribution < 1.29 is 14.4 Å². The smallest absolute Gasteiger partial charge is 0.251 e. The molecule has 3 amide bonds. The topological polar surface area (TPSA) is 69.7 Å². The van der Waals surface area contributed by atoms with Crippen molar-refractivity contribution >= 4 is 17.7 Å². The minimum absolute atomic E-state index is 0.00962. The van der Waals surface area contributed by atoms with Crippen LogP contribution in [0.1, 0.15) is 29.6 Å². The second kappa shape index (κ2) is 7.47. The van der Waals surface area contributed by atoms with Gasteiger partial charge in [0.2, 0.25) is 11.8 Å². The van der Waals surface area contributed by atoms with Crippen molar-refractivity contribution in [3.05, 3.63) is 35.9 Å². The van der Waals surface area contributed by atoms with Crippen molar-refractivity contribution in [2.45, 2.75) is 19.3 Å². The van der Waals surface area contributed by atoms with Crippen LogP contribution < -0.4 is 5.32 Å². The van der Waals surface area contributed by atoms with E-state index in [0.29, 0.717) is 25.2 Å². The molecule has 24 heavy (non-hydrogen) atoms. The van der Waals surface area contributed by atoms with Gasteiger partial charge in [-0.2, -0.15) is 0 Å². The predicted molar refractivity (Wildman–Crippen MR) is 89.3 cm³/mol. The van der Waals surface area contributed by atoms with Gasteiger partial charge in [-0.05, 0) is 31.4 Å². The summed E-state index contributed by atoms with van der Waals surface area (Å²) in [6.07, 6.45) is 2.80. The standard InChI is InChI=1S/C18H23N3O3/c22-16(13-19-17(23)14-5-2-1-3-6-14)20-9-4-10-21(12-11-20)18(24)15-7-8-15/h1-3,5-6,15H,4,7-13H2,(H,19,23). The predicted octanol–water partition coefficient (Wildman–Crippen LogP) is 0.887. The SMILES string of the molecule is O=C(NCC(=O)N1CCCN(C(=O)C2CC2)CC1)c1ccccc1. The molecule has 0 spiro atoms. The maximum absolute atomic E-state index is 12.3. The second-order valence-corrected chi connectivity index (χ2v) is 6.38. The number of hydrogen-bond acceptors (Lipinski definition) is 3. The number of nitrogens with one attached hydrogen (secondary N) is 1. The molecule has 1 N–H and O–H groups in total. The van der Waals surface area contributed by atoms with E-state index in [4.69, 9.17) is 0 Å². The molecule has 0 aromatic heterocycles. The Hall–Kier alpha value is -2.37. The Kier molecular flexibility index (Phi) is 5.13. The molecule has 6 nitrogen and oxygen atoms in total. The van der Waals surface area contributed by atoms with E-state index in [1.807, 2.05) is 11.0 Å². The first-order valence-electron chi connectivity index (χ1n) is 8.55. The zero-order chi connectivity index (χ0) is 16.9. The summed E-state index contributed by atoms with van der Waals surface area (Å²) in [7, 11) is 0. The number of rotatable bonds is 4. The van der Waals surface area contributed by atoms with Gasteiger partial charge in [-0.3, -0.25) is 14.4 Å². The molecule has 1 aromatic carbocycles. The van der Waals surface area contributed by atoms with Crippen molar-refractivity contribution in [2.24, 2.45) is 5.92 Å². The fraction of sp³-hybridized carbons (Fsp3) is 0.500. The minimum Gasteiger partial charge on any atom is -0.343 e. The minimum atomic E-state index is -0.246. The zero-order valence-electron chi connectivity index (χ0n) is 13.7. The molecule has 0 unspecified atom stereocenters. The zero-order valence-corrected chi connectivity index (χ0v) is 13.7. The summed E-state index contributed by atoms with van der Waals surface area (Å²) in [5.74, 6) is 0.114. The average Bonchev–Trinajstić information content (AvgIpc) is 3.46. The van der Waals surface area contributed by atoms with Gasteiger partial charge in [-0.1, -0.05) is 18.2 Å². The van der Waals surface area contributed by atoms with E-state index in [1.54, 1.807) is 29.2 Å². The molecule has 1 aliphatic heterocycles. The van der Waals surface area contributed by atoms with Gasteiger partial charge in [0.05, 0.1) is 6.54 Å². The van der Waals surface area contributed by atoms with E-state index in [2.05, 4.69) is 5.32 Å². The monoisotopic (exact) mass is 329 g/mol. The first-order chi connectivity index (χ1) is 11.6. The fourth-order valence-corrected chi connectivity index (χ4v) is 2.94. The molecule has 128 valence electrons. The third kappa shape index (κ3) is 4.13. The first-order valence-corrected chi connectivity index (χ1v) is 8.55. The first kappa shape index (κ1) is 16.5. The number of nitrogens with zero attached hydrogens (tertiary/aromatic N) is 2. The van der Waals surface area contributed by atoms with Gasteiger partial charge in [-0.15, -0.1) is 0 Å². The van der Waals surface area contributed by atoms with Gasteiger partial charge >= 0.3 is 0 Å². The van der Waals surface area contributed by atoms with E-state index in [9.17, 15) is 14.4 Å². The van der Waals surface area contributed by atoms with Crippen LogP contribution in [-0.4, -0.2) is 60.2 Å². The summed E-state index contributed by atoms with van der Waals surface area (Å²) >= 11 is 0. The Labute approximate surface area is 141 Å². The molecule has 1 heterocycles. The largest absolute Gasteiger partial charge is 0.343 e. The summed E-state index contributed by atoms with van der Waals surface area (Å²) < 4.78 is 0. The summed E-state index contributed by atoms with van der Waals surface area (Å²) in [4.78, 5) is 40.1. The van der Waals surface area contributed by atoms with Crippen LogP contribution >= 0.6 is 0 Å². The highest BCUT2D eigenvalue weighted by Gasteiger charge is 2.34. The highest BCUT2D eigenvalue weighted by atomic mass is 16.2. The third-order valence-electron chi connectivity index (χ3n) is 4.52. The van der Waals surface area contributed by atoms with E-state index in [0.717, 1.165) is 25.8 Å². The highest BCUT2D eigenvalue weighted by molar-refractivity contribution is 5.96. The van der Waals surface area contributed by atoms with Crippen molar-refractivity contribution in [1.29, 1.82) is 0 Å². The normalized spacial score (nSPS) is 18.0. The van der Waals surface area contributed by atoms with E-state index >= 15 is 0 Å². The molecule has 6 heteroatoms. The van der Waals surface area contributed by atoms with Crippen LogP contribution in [0.2, 0.25) is 0 Å². The summed E-state index contributed by atoms with van der Waals surface area (Å²) in [6.45, 7) is 2.47. The summed E-state index contributed by atoms with van der Waals surface area (Å²) in [5.41, 5.74) is 0.544. The van der Waals surface area contributed by atoms with Gasteiger partial charge < -0.3 is 15.1 Å². The maximum Gasteiger partial charge on any atom is 0.251 e. The molecule has 2 fully saturated rings. The lowest BCUT2D eigenvalue weighted by atomic mass is 10.2. The van der Waals surface area contributed by atoms with E-state index in [1.165, 1.54) is 0 Å². The summed E-state index contributed by atoms with van der Waals surface area (Å²) in [5, 5.41) is 2.67. The Morgan fingerprint density at radius 1 is 0.958 bits per heavy atom. The Bertz CT molecular complexity index is 613. The summed E-state index contributed by atoms with van der Waals surface area (Å²) in [6, 6.07) is 8.85. The molecule has 0 radical (unpaired) electrons. The second-order valence-electron chi connectivity index (χ2n) is 6.38. The average molecular weight is 329 g/mol. The van der Waals surface area contributed by atoms with E-state index in [-0.39, 0.29) is 30.2 Å². The van der Waals surface area contributed by atoms with Gasteiger partial charge in [0.1, 0.15) is 0 Å². The van der Waals surface area contributed by atoms with Crippen molar-refractivity contribution in [3.8, 4) is 0 Å². The number of carbonyl (C=O) groups excluding carboxylic acids is 3. The molecule has 3 rings (SSSR count). The molecule has 1 saturated heterocycles. The van der Waals surface area contributed by atoms with Crippen LogP contribution in [0, 0.1) is 5.92 Å². The van der Waals surface area contributed by atoms with Gasteiger partial charge in [0.25, 0.3) is 5.91 Å². The number of carbonyl (C=O) groups is 3. The van der Waals surface area contributed by atoms with Gasteiger partial charge in [0, 0.05) is 37.7 Å². The fourth-order valence-electron chi connectivity index (χ4n) is 2.94. The number of hydrogen-bond donors (Lipinski definition) is 1. The molecular formula is C18H23N3O3. The lowest BCUT2D eigenvalue weighted by molar-refractivity contribution is -0.133. The molecule has 2 aliphatic rings. The maximum atomic E-state index is 12.3. The van der Waals surface area contributed by atoms with Crippen LogP contribution in [0.15, 0.2) is 30.3 Å². The van der Waals surface area contributed by atoms with Gasteiger partial charge in [0.15, 0.2) is 0 Å². The Morgan fingerprint density at radius 3 is 2.33 bits per heavy atom. The van der Waals surface area contributed by atoms with Crippen LogP contribution in [0.4, 0.5) is 0 Å². The van der Waals surface area contributed by atoms with Crippen LogP contribution in [0.25, 0.3) is 0 Å². The van der Waals surface area contributed by atoms with Crippen molar-refractivity contribution in [3.63, 3.8) is 0 Å².